The second-order valence-corrected chi connectivity index (χ2v) is 5.54. The van der Waals surface area contributed by atoms with Gasteiger partial charge < -0.3 is 5.32 Å². The van der Waals surface area contributed by atoms with Crippen LogP contribution in [0.1, 0.15) is 46.1 Å². The highest BCUT2D eigenvalue weighted by Gasteiger charge is 2.27. The van der Waals surface area contributed by atoms with E-state index in [-0.39, 0.29) is 11.5 Å². The van der Waals surface area contributed by atoms with Crippen LogP contribution in [-0.4, -0.2) is 12.6 Å². The van der Waals surface area contributed by atoms with Crippen LogP contribution in [0.25, 0.3) is 0 Å². The maximum atomic E-state index is 13.8. The average molecular weight is 255 g/mol. The molecule has 0 amide bonds. The van der Waals surface area contributed by atoms with Gasteiger partial charge in [-0.1, -0.05) is 32.9 Å². The van der Waals surface area contributed by atoms with E-state index < -0.39 is 11.6 Å². The van der Waals surface area contributed by atoms with Crippen molar-refractivity contribution in [3.63, 3.8) is 0 Å². The fourth-order valence-corrected chi connectivity index (χ4v) is 2.36. The number of halogens is 2. The predicted molar refractivity (Wildman–Crippen MR) is 71.8 cm³/mol. The molecule has 0 saturated heterocycles. The van der Waals surface area contributed by atoms with E-state index in [4.69, 9.17) is 0 Å². The molecule has 1 nitrogen and oxygen atoms in total. The highest BCUT2D eigenvalue weighted by atomic mass is 19.2. The SMILES string of the molecule is CCCNC(C)CC(C)(C)c1cccc(F)c1F. The van der Waals surface area contributed by atoms with Crippen molar-refractivity contribution < 1.29 is 8.78 Å². The van der Waals surface area contributed by atoms with Gasteiger partial charge in [-0.15, -0.1) is 0 Å². The van der Waals surface area contributed by atoms with Gasteiger partial charge in [0.05, 0.1) is 0 Å². The van der Waals surface area contributed by atoms with Gasteiger partial charge in [-0.05, 0) is 43.4 Å². The summed E-state index contributed by atoms with van der Waals surface area (Å²) in [6.07, 6.45) is 1.84. The van der Waals surface area contributed by atoms with Crippen molar-refractivity contribution in [1.82, 2.24) is 5.32 Å². The van der Waals surface area contributed by atoms with Crippen molar-refractivity contribution >= 4 is 0 Å². The summed E-state index contributed by atoms with van der Waals surface area (Å²) in [6, 6.07) is 4.68. The van der Waals surface area contributed by atoms with Gasteiger partial charge in [0, 0.05) is 6.04 Å². The standard InChI is InChI=1S/C15H23F2N/c1-5-9-18-11(2)10-15(3,4)12-7-6-8-13(16)14(12)17/h6-8,11,18H,5,9-10H2,1-4H3. The van der Waals surface area contributed by atoms with E-state index in [1.165, 1.54) is 0 Å². The van der Waals surface area contributed by atoms with Crippen LogP contribution in [0.2, 0.25) is 0 Å². The summed E-state index contributed by atoms with van der Waals surface area (Å²) in [7, 11) is 0. The number of hydrogen-bond donors (Lipinski definition) is 1. The normalized spacial score (nSPS) is 13.7. The lowest BCUT2D eigenvalue weighted by Gasteiger charge is -2.29. The van der Waals surface area contributed by atoms with Crippen molar-refractivity contribution in [2.45, 2.75) is 52.0 Å². The fraction of sp³-hybridized carbons (Fsp3) is 0.600. The van der Waals surface area contributed by atoms with Crippen molar-refractivity contribution in [2.24, 2.45) is 0 Å². The van der Waals surface area contributed by atoms with Gasteiger partial charge in [-0.25, -0.2) is 8.78 Å². The van der Waals surface area contributed by atoms with Crippen molar-refractivity contribution in [3.05, 3.63) is 35.4 Å². The first-order valence-corrected chi connectivity index (χ1v) is 6.56. The summed E-state index contributed by atoms with van der Waals surface area (Å²) in [4.78, 5) is 0. The Bertz CT molecular complexity index is 388. The van der Waals surface area contributed by atoms with Gasteiger partial charge in [-0.2, -0.15) is 0 Å². The Balaban J connectivity index is 2.82. The highest BCUT2D eigenvalue weighted by molar-refractivity contribution is 5.26. The lowest BCUT2D eigenvalue weighted by molar-refractivity contribution is 0.370. The molecule has 1 rings (SSSR count). The molecule has 0 saturated carbocycles. The fourth-order valence-electron chi connectivity index (χ4n) is 2.36. The van der Waals surface area contributed by atoms with Crippen LogP contribution in [0.5, 0.6) is 0 Å². The Labute approximate surface area is 109 Å². The molecule has 1 aromatic rings. The summed E-state index contributed by atoms with van der Waals surface area (Å²) in [5, 5.41) is 3.38. The number of rotatable bonds is 6. The molecule has 1 aromatic carbocycles. The van der Waals surface area contributed by atoms with E-state index in [1.807, 2.05) is 13.8 Å². The van der Waals surface area contributed by atoms with Gasteiger partial charge in [0.2, 0.25) is 0 Å². The summed E-state index contributed by atoms with van der Waals surface area (Å²) in [5.41, 5.74) is 0.0689. The molecule has 0 heterocycles. The van der Waals surface area contributed by atoms with Crippen LogP contribution >= 0.6 is 0 Å². The van der Waals surface area contributed by atoms with Crippen LogP contribution in [0, 0.1) is 11.6 Å². The van der Waals surface area contributed by atoms with E-state index in [0.717, 1.165) is 25.5 Å². The van der Waals surface area contributed by atoms with Gasteiger partial charge in [-0.3, -0.25) is 0 Å². The predicted octanol–water partition coefficient (Wildman–Crippen LogP) is 4.02. The first kappa shape index (κ1) is 15.1. The quantitative estimate of drug-likeness (QED) is 0.809. The van der Waals surface area contributed by atoms with Crippen LogP contribution in [0.4, 0.5) is 8.78 Å². The number of nitrogens with one attached hydrogen (secondary N) is 1. The summed E-state index contributed by atoms with van der Waals surface area (Å²) in [5.74, 6) is -1.49. The first-order chi connectivity index (χ1) is 8.38. The lowest BCUT2D eigenvalue weighted by atomic mass is 9.79. The molecule has 0 aliphatic rings. The minimum atomic E-state index is -0.769. The number of benzene rings is 1. The van der Waals surface area contributed by atoms with Gasteiger partial charge in [0.15, 0.2) is 11.6 Å². The van der Waals surface area contributed by atoms with Crippen molar-refractivity contribution in [1.29, 1.82) is 0 Å². The molecule has 0 fully saturated rings. The zero-order valence-corrected chi connectivity index (χ0v) is 11.7. The Hall–Kier alpha value is -0.960. The molecule has 0 radical (unpaired) electrons. The number of hydrogen-bond acceptors (Lipinski definition) is 1. The smallest absolute Gasteiger partial charge is 0.162 e. The van der Waals surface area contributed by atoms with Gasteiger partial charge in [0.25, 0.3) is 0 Å². The van der Waals surface area contributed by atoms with Crippen LogP contribution < -0.4 is 5.32 Å². The van der Waals surface area contributed by atoms with E-state index in [1.54, 1.807) is 12.1 Å². The maximum Gasteiger partial charge on any atom is 0.162 e. The molecule has 1 N–H and O–H groups in total. The maximum absolute atomic E-state index is 13.8. The van der Waals surface area contributed by atoms with Gasteiger partial charge in [0.1, 0.15) is 0 Å². The summed E-state index contributed by atoms with van der Waals surface area (Å²) >= 11 is 0. The molecular weight excluding hydrogens is 232 g/mol. The third-order valence-corrected chi connectivity index (χ3v) is 3.24. The van der Waals surface area contributed by atoms with Crippen LogP contribution in [0.15, 0.2) is 18.2 Å². The van der Waals surface area contributed by atoms with Crippen LogP contribution in [-0.2, 0) is 5.41 Å². The second-order valence-electron chi connectivity index (χ2n) is 5.54. The van der Waals surface area contributed by atoms with Crippen molar-refractivity contribution in [3.8, 4) is 0 Å². The van der Waals surface area contributed by atoms with Gasteiger partial charge >= 0.3 is 0 Å². The summed E-state index contributed by atoms with van der Waals surface area (Å²) < 4.78 is 27.1. The minimum absolute atomic E-state index is 0.280. The summed E-state index contributed by atoms with van der Waals surface area (Å²) in [6.45, 7) is 9.04. The molecule has 3 heteroatoms. The highest BCUT2D eigenvalue weighted by Crippen LogP contribution is 2.31. The van der Waals surface area contributed by atoms with Crippen LogP contribution in [0.3, 0.4) is 0 Å². The molecule has 0 aliphatic carbocycles. The Morgan fingerprint density at radius 2 is 1.94 bits per heavy atom. The monoisotopic (exact) mass is 255 g/mol. The second kappa shape index (κ2) is 6.28. The Morgan fingerprint density at radius 3 is 2.56 bits per heavy atom. The largest absolute Gasteiger partial charge is 0.314 e. The zero-order chi connectivity index (χ0) is 13.8. The molecule has 0 aliphatic heterocycles. The molecule has 0 bridgehead atoms. The third kappa shape index (κ3) is 3.77. The molecular formula is C15H23F2N. The Morgan fingerprint density at radius 1 is 1.28 bits per heavy atom. The molecule has 1 atom stereocenters. The van der Waals surface area contributed by atoms with E-state index in [2.05, 4.69) is 19.2 Å². The van der Waals surface area contributed by atoms with Crippen molar-refractivity contribution in [2.75, 3.05) is 6.54 Å². The Kier molecular flexibility index (Phi) is 5.27. The lowest BCUT2D eigenvalue weighted by Crippen LogP contribution is -2.34. The third-order valence-electron chi connectivity index (χ3n) is 3.24. The van der Waals surface area contributed by atoms with E-state index in [9.17, 15) is 8.78 Å². The minimum Gasteiger partial charge on any atom is -0.314 e. The molecule has 0 spiro atoms. The van der Waals surface area contributed by atoms with E-state index >= 15 is 0 Å². The molecule has 1 unspecified atom stereocenters. The van der Waals surface area contributed by atoms with E-state index in [0.29, 0.717) is 5.56 Å². The molecule has 18 heavy (non-hydrogen) atoms. The first-order valence-electron chi connectivity index (χ1n) is 6.56. The topological polar surface area (TPSA) is 12.0 Å². The average Bonchev–Trinajstić information content (AvgIpc) is 2.29. The zero-order valence-electron chi connectivity index (χ0n) is 11.7. The molecule has 102 valence electrons. The molecule has 0 aromatic heterocycles.